The molecule has 40 heavy (non-hydrogen) atoms. The zero-order chi connectivity index (χ0) is 28.8. The van der Waals surface area contributed by atoms with E-state index >= 15 is 0 Å². The summed E-state index contributed by atoms with van der Waals surface area (Å²) in [6.07, 6.45) is 1.57. The molecule has 7 nitrogen and oxygen atoms in total. The molecule has 2 heterocycles. The van der Waals surface area contributed by atoms with Crippen LogP contribution < -0.4 is 19.5 Å². The van der Waals surface area contributed by atoms with Gasteiger partial charge in [-0.15, -0.1) is 0 Å². The largest absolute Gasteiger partial charge is 0.496 e. The van der Waals surface area contributed by atoms with E-state index in [1.165, 1.54) is 42.5 Å². The van der Waals surface area contributed by atoms with Crippen molar-refractivity contribution in [3.05, 3.63) is 108 Å². The first kappa shape index (κ1) is 27.9. The van der Waals surface area contributed by atoms with Gasteiger partial charge in [-0.25, -0.2) is 8.78 Å². The number of rotatable bonds is 6. The van der Waals surface area contributed by atoms with Crippen LogP contribution in [0.4, 0.5) is 18.9 Å². The molecule has 0 unspecified atom stereocenters. The van der Waals surface area contributed by atoms with Crippen LogP contribution in [0.3, 0.4) is 0 Å². The normalized spacial score (nSPS) is 10.4. The number of anilines is 1. The Labute approximate surface area is 228 Å². The predicted octanol–water partition coefficient (Wildman–Crippen LogP) is 6.65. The summed E-state index contributed by atoms with van der Waals surface area (Å²) in [6.45, 7) is 1.90. The summed E-state index contributed by atoms with van der Waals surface area (Å²) in [5.74, 6) is -0.809. The maximum Gasteiger partial charge on any atom is 0.325 e. The van der Waals surface area contributed by atoms with E-state index in [-0.39, 0.29) is 22.8 Å². The van der Waals surface area contributed by atoms with Gasteiger partial charge in [0.15, 0.2) is 11.6 Å². The molecular formula is C30H25F3N3O4+. The first-order chi connectivity index (χ1) is 19.3. The number of nitrogens with one attached hydrogen (secondary N) is 1. The van der Waals surface area contributed by atoms with Gasteiger partial charge in [-0.1, -0.05) is 0 Å². The van der Waals surface area contributed by atoms with Crippen LogP contribution in [0.15, 0.2) is 85.1 Å². The molecule has 2 aromatic heterocycles. The fraction of sp³-hybridized carbons (Fsp3) is 0.100. The molecular weight excluding hydrogens is 523 g/mol. The van der Waals surface area contributed by atoms with Crippen LogP contribution in [-0.2, 0) is 0 Å². The highest BCUT2D eigenvalue weighted by Crippen LogP contribution is 2.34. The lowest BCUT2D eigenvalue weighted by Crippen LogP contribution is -2.41. The van der Waals surface area contributed by atoms with Crippen LogP contribution in [-0.4, -0.2) is 30.4 Å². The summed E-state index contributed by atoms with van der Waals surface area (Å²) >= 11 is 0. The second-order valence-corrected chi connectivity index (χ2v) is 8.46. The smallest absolute Gasteiger partial charge is 0.325 e. The monoisotopic (exact) mass is 548 g/mol. The number of fused-ring (bicyclic) bond motifs is 1. The lowest BCUT2D eigenvalue weighted by atomic mass is 10.1. The number of methoxy groups -OCH3 is 1. The summed E-state index contributed by atoms with van der Waals surface area (Å²) in [6, 6.07) is 19.3. The van der Waals surface area contributed by atoms with Gasteiger partial charge in [0.2, 0.25) is 0 Å². The van der Waals surface area contributed by atoms with Crippen molar-refractivity contribution >= 4 is 22.5 Å². The van der Waals surface area contributed by atoms with Crippen molar-refractivity contribution in [3.63, 3.8) is 0 Å². The van der Waals surface area contributed by atoms with Crippen LogP contribution in [0, 0.1) is 18.6 Å². The van der Waals surface area contributed by atoms with E-state index in [1.54, 1.807) is 37.6 Å². The molecule has 0 aliphatic heterocycles. The molecule has 0 fully saturated rings. The second-order valence-electron chi connectivity index (χ2n) is 8.46. The SMILES string of the molecule is CF.COc1cc2c(Oc3ccc(NC(=O)c4cccc(-c5ccc(F)cc5)[n+]4O)cc3F)ccnc2cc1C. The number of pyridine rings is 2. The minimum atomic E-state index is -0.705. The van der Waals surface area contributed by atoms with Gasteiger partial charge in [-0.3, -0.25) is 19.4 Å². The molecule has 0 aliphatic carbocycles. The third-order valence-electron chi connectivity index (χ3n) is 5.97. The van der Waals surface area contributed by atoms with Crippen LogP contribution in [0.25, 0.3) is 22.2 Å². The first-order valence-electron chi connectivity index (χ1n) is 11.9. The Morgan fingerprint density at radius 3 is 2.38 bits per heavy atom. The zero-order valence-corrected chi connectivity index (χ0v) is 21.8. The molecule has 0 saturated heterocycles. The first-order valence-corrected chi connectivity index (χ1v) is 11.9. The maximum atomic E-state index is 15.0. The second kappa shape index (κ2) is 12.2. The Bertz CT molecular complexity index is 1680. The number of halogens is 3. The quantitative estimate of drug-likeness (QED) is 0.183. The molecule has 10 heteroatoms. The van der Waals surface area contributed by atoms with Gasteiger partial charge < -0.3 is 14.8 Å². The fourth-order valence-electron chi connectivity index (χ4n) is 4.05. The van der Waals surface area contributed by atoms with Gasteiger partial charge in [-0.2, -0.15) is 0 Å². The highest BCUT2D eigenvalue weighted by molar-refractivity contribution is 6.02. The molecule has 0 saturated carbocycles. The van der Waals surface area contributed by atoms with Crippen molar-refractivity contribution in [2.75, 3.05) is 19.6 Å². The molecule has 1 amide bonds. The van der Waals surface area contributed by atoms with Crippen molar-refractivity contribution in [1.29, 1.82) is 0 Å². The highest BCUT2D eigenvalue weighted by Gasteiger charge is 2.25. The third-order valence-corrected chi connectivity index (χ3v) is 5.97. The Morgan fingerprint density at radius 1 is 0.925 bits per heavy atom. The number of carbonyl (C=O) groups excluding carboxylic acids is 1. The molecule has 0 spiro atoms. The number of aromatic nitrogens is 2. The Hall–Kier alpha value is -5.12. The van der Waals surface area contributed by atoms with E-state index in [1.807, 2.05) is 13.0 Å². The summed E-state index contributed by atoms with van der Waals surface area (Å²) in [7, 11) is 2.06. The van der Waals surface area contributed by atoms with E-state index in [0.717, 1.165) is 11.6 Å². The van der Waals surface area contributed by atoms with E-state index in [2.05, 4.69) is 10.3 Å². The highest BCUT2D eigenvalue weighted by atomic mass is 19.1. The minimum absolute atomic E-state index is 0.0504. The van der Waals surface area contributed by atoms with Crippen LogP contribution >= 0.6 is 0 Å². The minimum Gasteiger partial charge on any atom is -0.496 e. The Morgan fingerprint density at radius 2 is 1.68 bits per heavy atom. The molecule has 0 bridgehead atoms. The fourth-order valence-corrected chi connectivity index (χ4v) is 4.05. The number of alkyl halides is 1. The van der Waals surface area contributed by atoms with Crippen molar-refractivity contribution in [2.45, 2.75) is 6.92 Å². The van der Waals surface area contributed by atoms with E-state index in [4.69, 9.17) is 9.47 Å². The number of nitrogens with zero attached hydrogens (tertiary/aromatic N) is 2. The Balaban J connectivity index is 0.00000181. The van der Waals surface area contributed by atoms with Crippen molar-refractivity contribution in [3.8, 4) is 28.5 Å². The summed E-state index contributed by atoms with van der Waals surface area (Å²) in [5, 5.41) is 13.8. The standard InChI is InChI=1S/C29H21F2N3O4.CH3F/c1-17-14-23-21(16-28(17)37-2)26(12-13-32-23)38-27-11-10-20(15-22(27)31)33-29(35)25-5-3-4-24(34(25)36)18-6-8-19(30)9-7-18;1-2/h3-16H,1-2H3,(H-,33,35,36);1H3/p+1. The summed E-state index contributed by atoms with van der Waals surface area (Å²) in [4.78, 5) is 17.2. The van der Waals surface area contributed by atoms with Crippen molar-refractivity contribution < 1.29 is 37.4 Å². The average Bonchev–Trinajstić information content (AvgIpc) is 2.96. The lowest BCUT2D eigenvalue weighted by molar-refractivity contribution is -0.897. The van der Waals surface area contributed by atoms with E-state index in [9.17, 15) is 23.2 Å². The number of hydrogen-bond donors (Lipinski definition) is 2. The maximum absolute atomic E-state index is 15.0. The number of carbonyl (C=O) groups is 1. The van der Waals surface area contributed by atoms with E-state index < -0.39 is 17.5 Å². The summed E-state index contributed by atoms with van der Waals surface area (Å²) in [5.41, 5.74) is 2.43. The number of ether oxygens (including phenoxy) is 2. The zero-order valence-electron chi connectivity index (χ0n) is 21.8. The van der Waals surface area contributed by atoms with Gasteiger partial charge >= 0.3 is 11.6 Å². The molecule has 0 atom stereocenters. The number of benzene rings is 3. The van der Waals surface area contributed by atoms with Gasteiger partial charge in [0, 0.05) is 40.2 Å². The molecule has 0 radical (unpaired) electrons. The number of hydrogen-bond acceptors (Lipinski definition) is 5. The summed E-state index contributed by atoms with van der Waals surface area (Å²) < 4.78 is 49.7. The van der Waals surface area contributed by atoms with E-state index in [0.29, 0.717) is 39.9 Å². The van der Waals surface area contributed by atoms with Crippen LogP contribution in [0.2, 0.25) is 0 Å². The van der Waals surface area contributed by atoms with Crippen LogP contribution in [0.5, 0.6) is 17.2 Å². The Kier molecular flexibility index (Phi) is 8.48. The van der Waals surface area contributed by atoms with Crippen molar-refractivity contribution in [1.82, 2.24) is 4.98 Å². The van der Waals surface area contributed by atoms with Gasteiger partial charge in [0.05, 0.1) is 25.4 Å². The lowest BCUT2D eigenvalue weighted by Gasteiger charge is -2.12. The van der Waals surface area contributed by atoms with Gasteiger partial charge in [0.1, 0.15) is 17.3 Å². The van der Waals surface area contributed by atoms with Crippen molar-refractivity contribution in [2.24, 2.45) is 0 Å². The van der Waals surface area contributed by atoms with Crippen LogP contribution in [0.1, 0.15) is 16.1 Å². The molecule has 2 N–H and O–H groups in total. The van der Waals surface area contributed by atoms with Gasteiger partial charge in [-0.05, 0) is 73.2 Å². The molecule has 5 aromatic rings. The number of aryl methyl sites for hydroxylation is 1. The molecule has 0 aliphatic rings. The molecule has 3 aromatic carbocycles. The third kappa shape index (κ3) is 5.80. The predicted molar refractivity (Wildman–Crippen MR) is 144 cm³/mol. The molecule has 5 rings (SSSR count). The van der Waals surface area contributed by atoms with Gasteiger partial charge in [0.25, 0.3) is 5.69 Å². The number of amides is 1. The molecule has 204 valence electrons. The average molecular weight is 549 g/mol. The topological polar surface area (TPSA) is 84.6 Å².